The highest BCUT2D eigenvalue weighted by atomic mass is 15.1. The van der Waals surface area contributed by atoms with E-state index in [2.05, 4.69) is 55.3 Å². The zero-order valence-corrected chi connectivity index (χ0v) is 14.1. The fourth-order valence-electron chi connectivity index (χ4n) is 3.08. The Morgan fingerprint density at radius 3 is 2.29 bits per heavy atom. The van der Waals surface area contributed by atoms with Gasteiger partial charge in [-0.1, -0.05) is 51.5 Å². The molecule has 0 spiro atoms. The summed E-state index contributed by atoms with van der Waals surface area (Å²) in [5.74, 6) is 1.69. The zero-order chi connectivity index (χ0) is 15.1. The van der Waals surface area contributed by atoms with Crippen molar-refractivity contribution in [2.24, 2.45) is 11.8 Å². The molecule has 2 nitrogen and oxygen atoms in total. The molecule has 0 amide bonds. The Labute approximate surface area is 130 Å². The second-order valence-electron chi connectivity index (χ2n) is 6.97. The van der Waals surface area contributed by atoms with E-state index >= 15 is 0 Å². The molecule has 1 fully saturated rings. The lowest BCUT2D eigenvalue weighted by atomic mass is 9.94. The Bertz CT molecular complexity index is 389. The number of rotatable bonds is 7. The van der Waals surface area contributed by atoms with Gasteiger partial charge in [-0.3, -0.25) is 4.90 Å². The number of benzene rings is 1. The minimum atomic E-state index is 0.718. The standard InChI is InChI=1S/C19H32N2/c1-4-17-9-11-21(12-10-17)15-19-7-5-18(6-8-19)14-20-13-16(2)3/h5-8,16-17,20H,4,9-15H2,1-3H3. The van der Waals surface area contributed by atoms with Crippen molar-refractivity contribution in [1.29, 1.82) is 0 Å². The molecule has 1 heterocycles. The van der Waals surface area contributed by atoms with E-state index in [1.165, 1.54) is 43.5 Å². The molecule has 2 rings (SSSR count). The minimum absolute atomic E-state index is 0.718. The van der Waals surface area contributed by atoms with Crippen molar-refractivity contribution in [1.82, 2.24) is 10.2 Å². The van der Waals surface area contributed by atoms with Crippen LogP contribution in [-0.4, -0.2) is 24.5 Å². The van der Waals surface area contributed by atoms with E-state index < -0.39 is 0 Å². The molecule has 0 aromatic heterocycles. The third-order valence-electron chi connectivity index (χ3n) is 4.60. The highest BCUT2D eigenvalue weighted by Crippen LogP contribution is 2.21. The summed E-state index contributed by atoms with van der Waals surface area (Å²) in [6, 6.07) is 9.17. The van der Waals surface area contributed by atoms with Crippen molar-refractivity contribution in [3.63, 3.8) is 0 Å². The van der Waals surface area contributed by atoms with E-state index in [0.29, 0.717) is 0 Å². The highest BCUT2D eigenvalue weighted by molar-refractivity contribution is 5.22. The van der Waals surface area contributed by atoms with Gasteiger partial charge in [0.1, 0.15) is 0 Å². The lowest BCUT2D eigenvalue weighted by Crippen LogP contribution is -2.32. The maximum absolute atomic E-state index is 3.50. The molecule has 0 bridgehead atoms. The third kappa shape index (κ3) is 5.80. The molecule has 0 radical (unpaired) electrons. The molecular formula is C19H32N2. The number of nitrogens with one attached hydrogen (secondary N) is 1. The van der Waals surface area contributed by atoms with Crippen LogP contribution >= 0.6 is 0 Å². The molecule has 1 aliphatic heterocycles. The molecule has 1 aromatic rings. The summed E-state index contributed by atoms with van der Waals surface area (Å²) in [5.41, 5.74) is 2.85. The molecule has 1 aliphatic rings. The van der Waals surface area contributed by atoms with Crippen LogP contribution < -0.4 is 5.32 Å². The van der Waals surface area contributed by atoms with Crippen LogP contribution in [0.3, 0.4) is 0 Å². The van der Waals surface area contributed by atoms with Gasteiger partial charge in [0.15, 0.2) is 0 Å². The van der Waals surface area contributed by atoms with E-state index in [4.69, 9.17) is 0 Å². The maximum atomic E-state index is 3.50. The Kier molecular flexibility index (Phi) is 6.72. The predicted molar refractivity (Wildman–Crippen MR) is 91.3 cm³/mol. The van der Waals surface area contributed by atoms with Gasteiger partial charge in [-0.05, 0) is 55.4 Å². The fourth-order valence-corrected chi connectivity index (χ4v) is 3.08. The SMILES string of the molecule is CCC1CCN(Cc2ccc(CNCC(C)C)cc2)CC1. The van der Waals surface area contributed by atoms with Crippen molar-refractivity contribution in [3.05, 3.63) is 35.4 Å². The monoisotopic (exact) mass is 288 g/mol. The molecule has 2 heteroatoms. The largest absolute Gasteiger partial charge is 0.312 e. The summed E-state index contributed by atoms with van der Waals surface area (Å²) in [5, 5.41) is 3.50. The van der Waals surface area contributed by atoms with Crippen LogP contribution in [0.2, 0.25) is 0 Å². The van der Waals surface area contributed by atoms with E-state index in [-0.39, 0.29) is 0 Å². The normalized spacial score (nSPS) is 17.5. The average Bonchev–Trinajstić information content (AvgIpc) is 2.49. The first-order chi connectivity index (χ1) is 10.2. The van der Waals surface area contributed by atoms with Gasteiger partial charge < -0.3 is 5.32 Å². The van der Waals surface area contributed by atoms with Gasteiger partial charge in [-0.25, -0.2) is 0 Å². The van der Waals surface area contributed by atoms with Crippen LogP contribution in [0.4, 0.5) is 0 Å². The van der Waals surface area contributed by atoms with E-state index in [0.717, 1.165) is 31.5 Å². The third-order valence-corrected chi connectivity index (χ3v) is 4.60. The summed E-state index contributed by atoms with van der Waals surface area (Å²) in [7, 11) is 0. The summed E-state index contributed by atoms with van der Waals surface area (Å²) in [4.78, 5) is 2.61. The second-order valence-corrected chi connectivity index (χ2v) is 6.97. The smallest absolute Gasteiger partial charge is 0.0233 e. The minimum Gasteiger partial charge on any atom is -0.312 e. The van der Waals surface area contributed by atoms with Gasteiger partial charge in [0.2, 0.25) is 0 Å². The summed E-state index contributed by atoms with van der Waals surface area (Å²) in [6.07, 6.45) is 4.12. The van der Waals surface area contributed by atoms with Gasteiger partial charge in [-0.2, -0.15) is 0 Å². The molecule has 118 valence electrons. The molecule has 21 heavy (non-hydrogen) atoms. The van der Waals surface area contributed by atoms with Crippen molar-refractivity contribution in [2.75, 3.05) is 19.6 Å². The fraction of sp³-hybridized carbons (Fsp3) is 0.684. The first-order valence-corrected chi connectivity index (χ1v) is 8.68. The summed E-state index contributed by atoms with van der Waals surface area (Å²) in [6.45, 7) is 12.6. The van der Waals surface area contributed by atoms with Crippen molar-refractivity contribution >= 4 is 0 Å². The lowest BCUT2D eigenvalue weighted by Gasteiger charge is -2.31. The van der Waals surface area contributed by atoms with Crippen LogP contribution in [0.1, 0.15) is 51.2 Å². The van der Waals surface area contributed by atoms with Crippen molar-refractivity contribution in [3.8, 4) is 0 Å². The molecule has 1 saturated heterocycles. The highest BCUT2D eigenvalue weighted by Gasteiger charge is 2.17. The molecule has 1 N–H and O–H groups in total. The number of nitrogens with zero attached hydrogens (tertiary/aromatic N) is 1. The lowest BCUT2D eigenvalue weighted by molar-refractivity contribution is 0.175. The maximum Gasteiger partial charge on any atom is 0.0233 e. The van der Waals surface area contributed by atoms with E-state index in [1.54, 1.807) is 0 Å². The van der Waals surface area contributed by atoms with Gasteiger partial charge in [0.25, 0.3) is 0 Å². The van der Waals surface area contributed by atoms with Gasteiger partial charge in [0, 0.05) is 13.1 Å². The molecule has 1 aromatic carbocycles. The van der Waals surface area contributed by atoms with Crippen LogP contribution in [-0.2, 0) is 13.1 Å². The molecule has 0 saturated carbocycles. The first-order valence-electron chi connectivity index (χ1n) is 8.68. The number of hydrogen-bond donors (Lipinski definition) is 1. The van der Waals surface area contributed by atoms with Crippen LogP contribution in [0, 0.1) is 11.8 Å². The first kappa shape index (κ1) is 16.5. The Hall–Kier alpha value is -0.860. The Morgan fingerprint density at radius 1 is 1.10 bits per heavy atom. The van der Waals surface area contributed by atoms with E-state index in [9.17, 15) is 0 Å². The number of piperidine rings is 1. The number of likely N-dealkylation sites (tertiary alicyclic amines) is 1. The van der Waals surface area contributed by atoms with Crippen LogP contribution in [0.15, 0.2) is 24.3 Å². The molecule has 0 aliphatic carbocycles. The molecular weight excluding hydrogens is 256 g/mol. The van der Waals surface area contributed by atoms with Crippen molar-refractivity contribution < 1.29 is 0 Å². The average molecular weight is 288 g/mol. The van der Waals surface area contributed by atoms with Crippen LogP contribution in [0.5, 0.6) is 0 Å². The molecule has 0 atom stereocenters. The predicted octanol–water partition coefficient (Wildman–Crippen LogP) is 4.05. The van der Waals surface area contributed by atoms with Gasteiger partial charge in [-0.15, -0.1) is 0 Å². The van der Waals surface area contributed by atoms with Crippen molar-refractivity contribution in [2.45, 2.75) is 53.1 Å². The van der Waals surface area contributed by atoms with E-state index in [1.807, 2.05) is 0 Å². The number of hydrogen-bond acceptors (Lipinski definition) is 2. The Morgan fingerprint density at radius 2 is 1.71 bits per heavy atom. The molecule has 0 unspecified atom stereocenters. The Balaban J connectivity index is 1.74. The summed E-state index contributed by atoms with van der Waals surface area (Å²) >= 11 is 0. The van der Waals surface area contributed by atoms with Gasteiger partial charge >= 0.3 is 0 Å². The summed E-state index contributed by atoms with van der Waals surface area (Å²) < 4.78 is 0. The second kappa shape index (κ2) is 8.55. The zero-order valence-electron chi connectivity index (χ0n) is 14.1. The topological polar surface area (TPSA) is 15.3 Å². The quantitative estimate of drug-likeness (QED) is 0.814. The van der Waals surface area contributed by atoms with Crippen LogP contribution in [0.25, 0.3) is 0 Å². The van der Waals surface area contributed by atoms with Gasteiger partial charge in [0.05, 0.1) is 0 Å².